The number of carbonyl (C=O) groups excluding carboxylic acids is 2. The number of hydrazone groups is 1. The molecule has 1 aromatic heterocycles. The lowest BCUT2D eigenvalue weighted by atomic mass is 9.85. The maximum Gasteiger partial charge on any atom is 0.254 e. The third kappa shape index (κ3) is 1.46. The number of amides is 2. The molecule has 6 heteroatoms. The molecule has 1 saturated heterocycles. The summed E-state index contributed by atoms with van der Waals surface area (Å²) in [6, 6.07) is 3.58. The predicted octanol–water partition coefficient (Wildman–Crippen LogP) is 2.42. The summed E-state index contributed by atoms with van der Waals surface area (Å²) in [5.41, 5.74) is 0.230. The summed E-state index contributed by atoms with van der Waals surface area (Å²) >= 11 is 2.06. The molecule has 22 heavy (non-hydrogen) atoms. The number of fused-ring (bicyclic) bond motifs is 3. The van der Waals surface area contributed by atoms with Crippen LogP contribution in [-0.4, -0.2) is 23.0 Å². The van der Waals surface area contributed by atoms with Gasteiger partial charge in [-0.2, -0.15) is 10.1 Å². The molecule has 4 atom stereocenters. The molecule has 3 fully saturated rings. The minimum atomic E-state index is -0.195. The molecule has 2 amide bonds. The molecule has 2 bridgehead atoms. The van der Waals surface area contributed by atoms with Gasteiger partial charge in [0, 0.05) is 0 Å². The van der Waals surface area contributed by atoms with Crippen LogP contribution in [0.4, 0.5) is 0 Å². The van der Waals surface area contributed by atoms with Crippen LogP contribution in [0.2, 0.25) is 0 Å². The van der Waals surface area contributed by atoms with Crippen molar-refractivity contribution in [3.05, 3.63) is 33.8 Å². The molecule has 4 aliphatic rings. The minimum Gasteiger partial charge on any atom is -0.449 e. The molecule has 5 nitrogen and oxygen atoms in total. The largest absolute Gasteiger partial charge is 0.449 e. The molecule has 1 aromatic rings. The summed E-state index contributed by atoms with van der Waals surface area (Å²) in [6.07, 6.45) is 8.06. The average Bonchev–Trinajstić information content (AvgIpc) is 2.87. The molecule has 112 valence electrons. The molecule has 0 aromatic carbocycles. The van der Waals surface area contributed by atoms with Crippen LogP contribution in [-0.2, 0) is 9.59 Å². The van der Waals surface area contributed by atoms with Gasteiger partial charge in [-0.05, 0) is 64.8 Å². The SMILES string of the molecule is O=C1[C@@H]2[C@H](C(=O)N1/N=C\c1ccc(I)o1)[C@@H]1C=C[C@@H]2C12CC2. The molecule has 1 aliphatic heterocycles. The number of hydrogen-bond acceptors (Lipinski definition) is 4. The summed E-state index contributed by atoms with van der Waals surface area (Å²) in [6.45, 7) is 0. The Kier molecular flexibility index (Phi) is 2.43. The van der Waals surface area contributed by atoms with Gasteiger partial charge in [0.2, 0.25) is 0 Å². The fourth-order valence-electron chi connectivity index (χ4n) is 4.69. The first-order valence-electron chi connectivity index (χ1n) is 7.47. The number of allylic oxidation sites excluding steroid dienone is 2. The van der Waals surface area contributed by atoms with Crippen LogP contribution in [0.25, 0.3) is 0 Å². The topological polar surface area (TPSA) is 62.9 Å². The number of nitrogens with zero attached hydrogens (tertiary/aromatic N) is 2. The second-order valence-corrected chi connectivity index (χ2v) is 7.66. The number of carbonyl (C=O) groups is 2. The van der Waals surface area contributed by atoms with Gasteiger partial charge in [-0.1, -0.05) is 12.2 Å². The van der Waals surface area contributed by atoms with Crippen molar-refractivity contribution in [1.82, 2.24) is 5.01 Å². The van der Waals surface area contributed by atoms with Crippen molar-refractivity contribution >= 4 is 40.6 Å². The molecule has 0 N–H and O–H groups in total. The van der Waals surface area contributed by atoms with Crippen molar-refractivity contribution in [2.75, 3.05) is 0 Å². The van der Waals surface area contributed by atoms with E-state index in [1.54, 1.807) is 6.07 Å². The van der Waals surface area contributed by atoms with Crippen molar-refractivity contribution in [2.45, 2.75) is 12.8 Å². The highest BCUT2D eigenvalue weighted by Gasteiger charge is 2.73. The fraction of sp³-hybridized carbons (Fsp3) is 0.438. The van der Waals surface area contributed by atoms with Crippen molar-refractivity contribution in [2.24, 2.45) is 34.2 Å². The summed E-state index contributed by atoms with van der Waals surface area (Å²) in [7, 11) is 0. The van der Waals surface area contributed by atoms with E-state index in [1.165, 1.54) is 6.21 Å². The van der Waals surface area contributed by atoms with E-state index in [2.05, 4.69) is 39.8 Å². The molecule has 0 unspecified atom stereocenters. The van der Waals surface area contributed by atoms with E-state index in [9.17, 15) is 9.59 Å². The third-order valence-corrected chi connectivity index (χ3v) is 6.30. The van der Waals surface area contributed by atoms with Crippen LogP contribution in [0.5, 0.6) is 0 Å². The smallest absolute Gasteiger partial charge is 0.254 e. The van der Waals surface area contributed by atoms with Gasteiger partial charge in [0.05, 0.1) is 18.1 Å². The standard InChI is InChI=1S/C16H13IN2O3/c17-11-4-1-8(22-11)7-18-19-14(20)12-9-2-3-10(13(12)15(19)21)16(9)5-6-16/h1-4,7,9-10,12-13H,5-6H2/b18-7-/t9-,10-,12-,13+/m0/s1. The van der Waals surface area contributed by atoms with Crippen molar-refractivity contribution in [3.63, 3.8) is 0 Å². The van der Waals surface area contributed by atoms with E-state index in [1.807, 2.05) is 6.07 Å². The Labute approximate surface area is 140 Å². The number of rotatable bonds is 2. The Morgan fingerprint density at radius 1 is 1.18 bits per heavy atom. The van der Waals surface area contributed by atoms with Crippen LogP contribution in [0.1, 0.15) is 18.6 Å². The second-order valence-electron chi connectivity index (χ2n) is 6.60. The van der Waals surface area contributed by atoms with E-state index in [4.69, 9.17) is 4.42 Å². The molecule has 5 rings (SSSR count). The van der Waals surface area contributed by atoms with Gasteiger partial charge in [0.1, 0.15) is 5.76 Å². The molecule has 2 heterocycles. The van der Waals surface area contributed by atoms with Crippen LogP contribution in [0.15, 0.2) is 33.8 Å². The van der Waals surface area contributed by atoms with Gasteiger partial charge in [0.15, 0.2) is 3.77 Å². The van der Waals surface area contributed by atoms with Crippen LogP contribution >= 0.6 is 22.6 Å². The predicted molar refractivity (Wildman–Crippen MR) is 85.6 cm³/mol. The lowest BCUT2D eigenvalue weighted by Crippen LogP contribution is -2.30. The van der Waals surface area contributed by atoms with Gasteiger partial charge in [0.25, 0.3) is 11.8 Å². The Bertz CT molecular complexity index is 727. The lowest BCUT2D eigenvalue weighted by Gasteiger charge is -2.18. The first-order chi connectivity index (χ1) is 10.6. The lowest BCUT2D eigenvalue weighted by molar-refractivity contribution is -0.141. The van der Waals surface area contributed by atoms with Crippen LogP contribution in [0.3, 0.4) is 0 Å². The Morgan fingerprint density at radius 2 is 1.82 bits per heavy atom. The second kappa shape index (κ2) is 4.10. The zero-order valence-corrected chi connectivity index (χ0v) is 13.8. The number of furan rings is 1. The highest BCUT2D eigenvalue weighted by atomic mass is 127. The van der Waals surface area contributed by atoms with Gasteiger partial charge in [-0.15, -0.1) is 0 Å². The first-order valence-corrected chi connectivity index (χ1v) is 8.55. The zero-order valence-electron chi connectivity index (χ0n) is 11.6. The molecule has 0 radical (unpaired) electrons. The quantitative estimate of drug-likeness (QED) is 0.327. The molecule has 3 aliphatic carbocycles. The van der Waals surface area contributed by atoms with Gasteiger partial charge >= 0.3 is 0 Å². The maximum atomic E-state index is 12.7. The molecular formula is C16H13IN2O3. The molecule has 1 spiro atoms. The third-order valence-electron chi connectivity index (χ3n) is 5.72. The highest BCUT2D eigenvalue weighted by Crippen LogP contribution is 2.73. The molecule has 2 saturated carbocycles. The Balaban J connectivity index is 1.45. The van der Waals surface area contributed by atoms with Gasteiger partial charge in [-0.25, -0.2) is 0 Å². The summed E-state index contributed by atoms with van der Waals surface area (Å²) < 4.78 is 6.12. The fourth-order valence-corrected chi connectivity index (χ4v) is 5.12. The van der Waals surface area contributed by atoms with E-state index in [-0.39, 0.29) is 40.9 Å². The van der Waals surface area contributed by atoms with E-state index < -0.39 is 0 Å². The number of halogens is 1. The molecular weight excluding hydrogens is 395 g/mol. The first kappa shape index (κ1) is 13.0. The normalized spacial score (nSPS) is 37.0. The summed E-state index contributed by atoms with van der Waals surface area (Å²) in [5.74, 6) is 0.346. The summed E-state index contributed by atoms with van der Waals surface area (Å²) in [5, 5.41) is 5.16. The van der Waals surface area contributed by atoms with E-state index in [0.29, 0.717) is 5.76 Å². The Morgan fingerprint density at radius 3 is 2.32 bits per heavy atom. The van der Waals surface area contributed by atoms with Crippen molar-refractivity contribution < 1.29 is 14.0 Å². The van der Waals surface area contributed by atoms with Gasteiger partial charge in [-0.3, -0.25) is 9.59 Å². The van der Waals surface area contributed by atoms with E-state index in [0.717, 1.165) is 21.6 Å². The van der Waals surface area contributed by atoms with Crippen molar-refractivity contribution in [3.8, 4) is 0 Å². The highest BCUT2D eigenvalue weighted by molar-refractivity contribution is 14.1. The van der Waals surface area contributed by atoms with Crippen LogP contribution < -0.4 is 0 Å². The zero-order chi connectivity index (χ0) is 15.1. The number of imide groups is 1. The average molecular weight is 408 g/mol. The number of hydrogen-bond donors (Lipinski definition) is 0. The van der Waals surface area contributed by atoms with Gasteiger partial charge < -0.3 is 4.42 Å². The monoisotopic (exact) mass is 408 g/mol. The maximum absolute atomic E-state index is 12.7. The summed E-state index contributed by atoms with van der Waals surface area (Å²) in [4.78, 5) is 25.3. The Hall–Kier alpha value is -1.44. The minimum absolute atomic E-state index is 0.143. The van der Waals surface area contributed by atoms with Crippen molar-refractivity contribution in [1.29, 1.82) is 0 Å². The van der Waals surface area contributed by atoms with Crippen LogP contribution in [0, 0.1) is 32.9 Å². The van der Waals surface area contributed by atoms with E-state index >= 15 is 0 Å².